The minimum absolute atomic E-state index is 0.220. The first-order valence-corrected chi connectivity index (χ1v) is 16.7. The predicted octanol–water partition coefficient (Wildman–Crippen LogP) is 4.35. The lowest BCUT2D eigenvalue weighted by atomic mass is 10.2. The lowest BCUT2D eigenvalue weighted by molar-refractivity contribution is 0.125. The third-order valence-electron chi connectivity index (χ3n) is 5.60. The van der Waals surface area contributed by atoms with Crippen molar-refractivity contribution < 1.29 is 30.9 Å². The highest BCUT2D eigenvalue weighted by molar-refractivity contribution is 6.81. The molecule has 27 heavy (non-hydrogen) atoms. The van der Waals surface area contributed by atoms with Crippen LogP contribution in [0.5, 0.6) is 0 Å². The Morgan fingerprint density at radius 2 is 0.889 bits per heavy atom. The van der Waals surface area contributed by atoms with Crippen molar-refractivity contribution in [3.05, 3.63) is 0 Å². The van der Waals surface area contributed by atoms with E-state index in [4.69, 9.17) is 26.6 Å². The van der Waals surface area contributed by atoms with Crippen molar-refractivity contribution in [2.45, 2.75) is 62.5 Å². The van der Waals surface area contributed by atoms with E-state index in [1.807, 2.05) is 0 Å². The van der Waals surface area contributed by atoms with Gasteiger partial charge in [0.25, 0.3) is 0 Å². The molecule has 0 aliphatic rings. The van der Waals surface area contributed by atoms with E-state index in [0.29, 0.717) is 6.42 Å². The topological polar surface area (TPSA) is 55.4 Å². The molecular weight excluding hydrogens is 403 g/mol. The first-order chi connectivity index (χ1) is 12.8. The molecule has 0 amide bonds. The first kappa shape index (κ1) is 27.3. The summed E-state index contributed by atoms with van der Waals surface area (Å²) in [5.41, 5.74) is 0. The van der Waals surface area contributed by atoms with E-state index in [9.17, 15) is 4.39 Å². The van der Waals surface area contributed by atoms with Crippen LogP contribution < -0.4 is 0 Å². The Kier molecular flexibility index (Phi) is 14.5. The van der Waals surface area contributed by atoms with Crippen LogP contribution in [-0.2, 0) is 26.6 Å². The smallest absolute Gasteiger partial charge is 0.377 e. The van der Waals surface area contributed by atoms with Crippen molar-refractivity contribution in [3.63, 3.8) is 0 Å². The average molecular weight is 445 g/mol. The summed E-state index contributed by atoms with van der Waals surface area (Å²) in [6.07, 6.45) is 3.83. The number of alkyl halides is 1. The molecule has 0 radical (unpaired) electrons. The second kappa shape index (κ2) is 14.3. The van der Waals surface area contributed by atoms with Crippen molar-refractivity contribution >= 4 is 25.7 Å². The van der Waals surface area contributed by atoms with E-state index < -0.39 is 25.7 Å². The summed E-state index contributed by atoms with van der Waals surface area (Å²) in [7, 11) is 3.16. The molecule has 0 unspecified atom stereocenters. The molecule has 164 valence electrons. The Hall–Kier alpha value is 0.341. The fourth-order valence-electron chi connectivity index (χ4n) is 3.40. The summed E-state index contributed by atoms with van der Waals surface area (Å²) in [5.74, 6) is 0. The van der Waals surface area contributed by atoms with Gasteiger partial charge in [0, 0.05) is 54.7 Å². The van der Waals surface area contributed by atoms with Crippen molar-refractivity contribution in [1.29, 1.82) is 0 Å². The molecule has 0 aromatic rings. The highest BCUT2D eigenvalue weighted by Gasteiger charge is 2.44. The van der Waals surface area contributed by atoms with Gasteiger partial charge in [0.1, 0.15) is 0 Å². The van der Waals surface area contributed by atoms with Crippen molar-refractivity contribution in [3.8, 4) is 0 Å². The largest absolute Gasteiger partial charge is 0.499 e. The summed E-state index contributed by atoms with van der Waals surface area (Å²) in [5, 5.41) is 0. The minimum atomic E-state index is -2.58. The summed E-state index contributed by atoms with van der Waals surface area (Å²) in [4.78, 5) is 0. The summed E-state index contributed by atoms with van der Waals surface area (Å²) in [6, 6.07) is 4.91. The first-order valence-electron chi connectivity index (χ1n) is 9.71. The van der Waals surface area contributed by atoms with Gasteiger partial charge in [-0.3, -0.25) is 4.39 Å². The van der Waals surface area contributed by atoms with Gasteiger partial charge in [0.2, 0.25) is 0 Å². The second-order valence-electron chi connectivity index (χ2n) is 7.25. The van der Waals surface area contributed by atoms with Gasteiger partial charge in [-0.1, -0.05) is 43.9 Å². The normalized spacial score (nSPS) is 13.3. The third kappa shape index (κ3) is 9.59. The second-order valence-corrected chi connectivity index (χ2v) is 18.6. The van der Waals surface area contributed by atoms with Crippen LogP contribution >= 0.6 is 0 Å². The van der Waals surface area contributed by atoms with Gasteiger partial charge in [-0.05, 0) is 6.42 Å². The van der Waals surface area contributed by atoms with Gasteiger partial charge in [-0.25, -0.2) is 0 Å². The van der Waals surface area contributed by atoms with Crippen molar-refractivity contribution in [1.82, 2.24) is 0 Å². The minimum Gasteiger partial charge on any atom is -0.377 e. The standard InChI is InChI=1S/C17H41FO6Si3/c1-19-26(20-2,21-3)16-14-25(7,13-11-9-8-10-12-18)15-17-27(22-4,23-5)24-6/h8-17H2,1-7H3. The number of hydrogen-bond donors (Lipinski definition) is 0. The Morgan fingerprint density at radius 1 is 0.519 bits per heavy atom. The highest BCUT2D eigenvalue weighted by Crippen LogP contribution is 2.33. The predicted molar refractivity (Wildman–Crippen MR) is 114 cm³/mol. The van der Waals surface area contributed by atoms with Crippen LogP contribution in [0.25, 0.3) is 0 Å². The van der Waals surface area contributed by atoms with Crippen LogP contribution in [0.15, 0.2) is 0 Å². The maximum atomic E-state index is 12.3. The zero-order valence-corrected chi connectivity index (χ0v) is 21.4. The van der Waals surface area contributed by atoms with Crippen LogP contribution in [0.1, 0.15) is 25.7 Å². The number of unbranched alkanes of at least 4 members (excludes halogenated alkanes) is 3. The lowest BCUT2D eigenvalue weighted by Crippen LogP contribution is -2.47. The SMILES string of the molecule is CO[Si](CC[Si](C)(CCCCCCF)CC[Si](OC)(OC)OC)(OC)OC. The van der Waals surface area contributed by atoms with E-state index in [1.165, 1.54) is 6.04 Å². The lowest BCUT2D eigenvalue weighted by Gasteiger charge is -2.34. The molecule has 0 fully saturated rings. The molecule has 0 saturated heterocycles. The quantitative estimate of drug-likeness (QED) is 0.231. The monoisotopic (exact) mass is 444 g/mol. The fourth-order valence-corrected chi connectivity index (χ4v) is 14.8. The zero-order chi connectivity index (χ0) is 20.8. The summed E-state index contributed by atoms with van der Waals surface area (Å²) in [6.45, 7) is 2.20. The van der Waals surface area contributed by atoms with E-state index in [0.717, 1.165) is 43.4 Å². The number of hydrogen-bond acceptors (Lipinski definition) is 6. The molecule has 0 aliphatic heterocycles. The van der Waals surface area contributed by atoms with Crippen molar-refractivity contribution in [2.24, 2.45) is 0 Å². The molecule has 0 bridgehead atoms. The average Bonchev–Trinajstić information content (AvgIpc) is 2.71. The maximum Gasteiger partial charge on any atom is 0.499 e. The molecule has 0 N–H and O–H groups in total. The zero-order valence-electron chi connectivity index (χ0n) is 18.4. The van der Waals surface area contributed by atoms with Gasteiger partial charge < -0.3 is 26.6 Å². The Labute approximate surface area is 168 Å². The molecule has 0 rings (SSSR count). The number of halogens is 1. The molecule has 10 heteroatoms. The Morgan fingerprint density at radius 3 is 1.22 bits per heavy atom. The van der Waals surface area contributed by atoms with Gasteiger partial charge in [0.05, 0.1) is 14.7 Å². The maximum absolute atomic E-state index is 12.3. The molecular formula is C17H41FO6Si3. The Balaban J connectivity index is 5.01. The molecule has 6 nitrogen and oxygen atoms in total. The van der Waals surface area contributed by atoms with Gasteiger partial charge in [-0.15, -0.1) is 0 Å². The molecule has 0 aliphatic carbocycles. The van der Waals surface area contributed by atoms with Crippen LogP contribution in [0.2, 0.25) is 36.8 Å². The molecule has 0 aromatic carbocycles. The highest BCUT2D eigenvalue weighted by atomic mass is 28.4. The number of rotatable bonds is 18. The molecule has 0 aromatic heterocycles. The summed E-state index contributed by atoms with van der Waals surface area (Å²) < 4.78 is 46.0. The molecule has 0 heterocycles. The van der Waals surface area contributed by atoms with Crippen LogP contribution in [0.4, 0.5) is 4.39 Å². The molecule has 0 atom stereocenters. The third-order valence-corrected chi connectivity index (χ3v) is 16.5. The summed E-state index contributed by atoms with van der Waals surface area (Å²) >= 11 is 0. The van der Waals surface area contributed by atoms with Crippen LogP contribution in [-0.4, -0.2) is 75.0 Å². The van der Waals surface area contributed by atoms with Gasteiger partial charge >= 0.3 is 17.6 Å². The van der Waals surface area contributed by atoms with Crippen molar-refractivity contribution in [2.75, 3.05) is 49.3 Å². The fraction of sp³-hybridized carbons (Fsp3) is 1.00. The van der Waals surface area contributed by atoms with Gasteiger partial charge in [-0.2, -0.15) is 0 Å². The van der Waals surface area contributed by atoms with E-state index in [1.54, 1.807) is 42.7 Å². The van der Waals surface area contributed by atoms with E-state index in [2.05, 4.69) is 6.55 Å². The van der Waals surface area contributed by atoms with Gasteiger partial charge in [0.15, 0.2) is 0 Å². The molecule has 0 saturated carbocycles. The van der Waals surface area contributed by atoms with Crippen LogP contribution in [0, 0.1) is 0 Å². The van der Waals surface area contributed by atoms with Crippen LogP contribution in [0.3, 0.4) is 0 Å². The van der Waals surface area contributed by atoms with E-state index in [-0.39, 0.29) is 6.67 Å². The van der Waals surface area contributed by atoms with E-state index >= 15 is 0 Å². The Bertz CT molecular complexity index is 330. The molecule has 0 spiro atoms.